The van der Waals surface area contributed by atoms with Gasteiger partial charge in [0.2, 0.25) is 7.29 Å². The van der Waals surface area contributed by atoms with E-state index in [9.17, 15) is 4.39 Å². The first-order valence-corrected chi connectivity index (χ1v) is 13.2. The molecule has 34 heavy (non-hydrogen) atoms. The molecule has 0 bridgehead atoms. The average molecular weight is 473 g/mol. The third-order valence-corrected chi connectivity index (χ3v) is 9.04. The predicted molar refractivity (Wildman–Crippen MR) is 139 cm³/mol. The van der Waals surface area contributed by atoms with Crippen molar-refractivity contribution < 1.29 is 8.96 Å². The second-order valence-electron chi connectivity index (χ2n) is 8.84. The normalized spacial score (nSPS) is 14.5. The van der Waals surface area contributed by atoms with Crippen molar-refractivity contribution in [1.29, 1.82) is 0 Å². The molecule has 3 nitrogen and oxygen atoms in total. The number of hydrogen-bond donors (Lipinski definition) is 2. The zero-order valence-corrected chi connectivity index (χ0v) is 20.3. The minimum absolute atomic E-state index is 0.0257. The molecule has 0 radical (unpaired) electrons. The van der Waals surface area contributed by atoms with Crippen molar-refractivity contribution in [2.45, 2.75) is 25.4 Å². The Kier molecular flexibility index (Phi) is 7.13. The fourth-order valence-corrected chi connectivity index (χ4v) is 7.12. The Morgan fingerprint density at radius 3 is 1.56 bits per heavy atom. The van der Waals surface area contributed by atoms with Gasteiger partial charge >= 0.3 is 0 Å². The molecule has 0 spiro atoms. The second kappa shape index (κ2) is 10.1. The van der Waals surface area contributed by atoms with Crippen LogP contribution in [0.25, 0.3) is 0 Å². The van der Waals surface area contributed by atoms with Crippen LogP contribution in [0.1, 0.15) is 25.0 Å². The largest absolute Gasteiger partial charge is 0.325 e. The monoisotopic (exact) mass is 472 g/mol. The van der Waals surface area contributed by atoms with Gasteiger partial charge < -0.3 is 5.73 Å². The Bertz CT molecular complexity index is 1200. The van der Waals surface area contributed by atoms with E-state index in [2.05, 4.69) is 5.09 Å². The van der Waals surface area contributed by atoms with Gasteiger partial charge in [-0.15, -0.1) is 0 Å². The van der Waals surface area contributed by atoms with Crippen molar-refractivity contribution in [3.8, 4) is 0 Å². The van der Waals surface area contributed by atoms with Crippen molar-refractivity contribution in [3.05, 3.63) is 132 Å². The van der Waals surface area contributed by atoms with Crippen molar-refractivity contribution >= 4 is 17.9 Å². The molecule has 4 rings (SSSR count). The third-order valence-electron chi connectivity index (χ3n) is 6.32. The van der Waals surface area contributed by atoms with Crippen LogP contribution in [0, 0.1) is 11.7 Å². The number of hydrogen-bond acceptors (Lipinski definition) is 2. The molecule has 5 heteroatoms. The molecule has 0 aliphatic carbocycles. The Balaban J connectivity index is 2.04. The van der Waals surface area contributed by atoms with Gasteiger partial charge in [0.1, 0.15) is 5.82 Å². The fourth-order valence-electron chi connectivity index (χ4n) is 4.47. The van der Waals surface area contributed by atoms with Gasteiger partial charge in [0, 0.05) is 16.7 Å². The predicted octanol–water partition coefficient (Wildman–Crippen LogP) is 5.57. The van der Waals surface area contributed by atoms with Gasteiger partial charge in [0.05, 0.1) is 5.54 Å². The van der Waals surface area contributed by atoms with E-state index < -0.39 is 18.9 Å². The molecule has 0 saturated heterocycles. The molecular formula is C29H30FN2OP. The fraction of sp³-hybridized carbons (Fsp3) is 0.172. The highest BCUT2D eigenvalue weighted by Gasteiger charge is 2.47. The maximum atomic E-state index is 15.1. The smallest absolute Gasteiger partial charge is 0.205 e. The van der Waals surface area contributed by atoms with Crippen molar-refractivity contribution in [3.63, 3.8) is 0 Å². The third kappa shape index (κ3) is 4.50. The Hall–Kier alpha value is -3.04. The maximum Gasteiger partial charge on any atom is 0.205 e. The summed E-state index contributed by atoms with van der Waals surface area (Å²) >= 11 is 0. The highest BCUT2D eigenvalue weighted by atomic mass is 31.2. The van der Waals surface area contributed by atoms with E-state index in [4.69, 9.17) is 5.73 Å². The molecule has 4 aromatic carbocycles. The highest BCUT2D eigenvalue weighted by molar-refractivity contribution is 7.77. The van der Waals surface area contributed by atoms with Crippen LogP contribution in [0.15, 0.2) is 115 Å². The first-order chi connectivity index (χ1) is 16.4. The molecule has 0 fully saturated rings. The van der Waals surface area contributed by atoms with Gasteiger partial charge in [-0.05, 0) is 53.4 Å². The topological polar surface area (TPSA) is 55.1 Å². The van der Waals surface area contributed by atoms with Crippen LogP contribution in [0.3, 0.4) is 0 Å². The summed E-state index contributed by atoms with van der Waals surface area (Å²) in [6.45, 7) is 4.09. The molecule has 0 aromatic heterocycles. The van der Waals surface area contributed by atoms with Crippen LogP contribution in [-0.4, -0.2) is 6.04 Å². The standard InChI is InChI=1S/C29H30FN2OP/c1-22(2)28(31)29(23-12-6-3-7-13-23,24-18-20-25(30)21-19-24)32-34(33,26-14-8-4-9-15-26)27-16-10-5-11-17-27/h3-22,28H,31H2,1-2H3,(H,32,33)/t28-,29-/m0/s1. The molecule has 174 valence electrons. The number of rotatable bonds is 8. The molecule has 0 heterocycles. The molecule has 2 atom stereocenters. The molecule has 4 aromatic rings. The number of halogens is 1. The van der Waals surface area contributed by atoms with Crippen molar-refractivity contribution in [1.82, 2.24) is 5.09 Å². The summed E-state index contributed by atoms with van der Waals surface area (Å²) in [4.78, 5) is 0. The van der Waals surface area contributed by atoms with Crippen LogP contribution >= 0.6 is 7.29 Å². The number of benzene rings is 4. The maximum absolute atomic E-state index is 15.1. The molecule has 0 amide bonds. The second-order valence-corrected chi connectivity index (χ2v) is 11.3. The first kappa shape index (κ1) is 24.1. The van der Waals surface area contributed by atoms with Gasteiger partial charge in [0.15, 0.2) is 0 Å². The van der Waals surface area contributed by atoms with Gasteiger partial charge in [0.25, 0.3) is 0 Å². The lowest BCUT2D eigenvalue weighted by Gasteiger charge is -2.45. The molecule has 0 aliphatic heterocycles. The Labute approximate surface area is 201 Å². The quantitative estimate of drug-likeness (QED) is 0.330. The minimum Gasteiger partial charge on any atom is -0.325 e. The van der Waals surface area contributed by atoms with E-state index in [0.29, 0.717) is 10.6 Å². The van der Waals surface area contributed by atoms with Crippen LogP contribution in [0.4, 0.5) is 4.39 Å². The molecule has 3 N–H and O–H groups in total. The van der Waals surface area contributed by atoms with E-state index in [0.717, 1.165) is 11.1 Å². The summed E-state index contributed by atoms with van der Waals surface area (Å²) in [6, 6.07) is 34.5. The number of nitrogens with two attached hydrogens (primary N) is 1. The van der Waals surface area contributed by atoms with Gasteiger partial charge in [-0.2, -0.15) is 0 Å². The van der Waals surface area contributed by atoms with Gasteiger partial charge in [-0.25, -0.2) is 9.48 Å². The van der Waals surface area contributed by atoms with Gasteiger partial charge in [-0.3, -0.25) is 4.57 Å². The summed E-state index contributed by atoms with van der Waals surface area (Å²) in [5.41, 5.74) is 7.56. The first-order valence-electron chi connectivity index (χ1n) is 11.5. The van der Waals surface area contributed by atoms with E-state index >= 15 is 4.57 Å². The summed E-state index contributed by atoms with van der Waals surface area (Å²) in [5.74, 6) is -0.309. The zero-order chi connectivity index (χ0) is 24.2. The van der Waals surface area contributed by atoms with E-state index in [-0.39, 0.29) is 11.7 Å². The van der Waals surface area contributed by atoms with Crippen molar-refractivity contribution in [2.75, 3.05) is 0 Å². The lowest BCUT2D eigenvalue weighted by molar-refractivity contribution is 0.311. The summed E-state index contributed by atoms with van der Waals surface area (Å²) in [7, 11) is -3.41. The lowest BCUT2D eigenvalue weighted by atomic mass is 9.74. The van der Waals surface area contributed by atoms with Crippen LogP contribution in [-0.2, 0) is 10.1 Å². The van der Waals surface area contributed by atoms with Crippen molar-refractivity contribution in [2.24, 2.45) is 11.7 Å². The average Bonchev–Trinajstić information content (AvgIpc) is 2.89. The van der Waals surface area contributed by atoms with E-state index in [1.807, 2.05) is 105 Å². The minimum atomic E-state index is -3.41. The molecule has 0 saturated carbocycles. The summed E-state index contributed by atoms with van der Waals surface area (Å²) in [6.07, 6.45) is 0. The molecule has 0 unspecified atom stereocenters. The lowest BCUT2D eigenvalue weighted by Crippen LogP contribution is -2.58. The van der Waals surface area contributed by atoms with E-state index in [1.165, 1.54) is 12.1 Å². The summed E-state index contributed by atoms with van der Waals surface area (Å²) < 4.78 is 29.1. The van der Waals surface area contributed by atoms with Crippen LogP contribution < -0.4 is 21.4 Å². The van der Waals surface area contributed by atoms with E-state index in [1.54, 1.807) is 12.1 Å². The van der Waals surface area contributed by atoms with Crippen LogP contribution in [0.2, 0.25) is 0 Å². The van der Waals surface area contributed by atoms with Crippen LogP contribution in [0.5, 0.6) is 0 Å². The zero-order valence-electron chi connectivity index (χ0n) is 19.4. The highest BCUT2D eigenvalue weighted by Crippen LogP contribution is 2.48. The Morgan fingerprint density at radius 1 is 0.706 bits per heavy atom. The summed E-state index contributed by atoms with van der Waals surface area (Å²) in [5, 5.41) is 4.98. The Morgan fingerprint density at radius 2 is 1.12 bits per heavy atom. The molecule has 0 aliphatic rings. The van der Waals surface area contributed by atoms with Gasteiger partial charge in [-0.1, -0.05) is 92.7 Å². The molecular weight excluding hydrogens is 442 g/mol. The SMILES string of the molecule is CC(C)[C@H](N)[C@](NP(=O)(c1ccccc1)c1ccccc1)(c1ccccc1)c1ccc(F)cc1. The number of nitrogens with one attached hydrogen (secondary N) is 1.